The lowest BCUT2D eigenvalue weighted by atomic mass is 10.0. The average molecular weight is 391 g/mol. The van der Waals surface area contributed by atoms with Crippen LogP contribution in [0.1, 0.15) is 35.9 Å². The molecule has 2 aromatic rings. The van der Waals surface area contributed by atoms with E-state index in [0.717, 1.165) is 4.90 Å². The highest BCUT2D eigenvalue weighted by atomic mass is 32.2. The third kappa shape index (κ3) is 4.47. The van der Waals surface area contributed by atoms with E-state index in [1.165, 1.54) is 18.2 Å². The topological polar surface area (TPSA) is 66.4 Å². The zero-order valence-corrected chi connectivity index (χ0v) is 15.4. The van der Waals surface area contributed by atoms with Crippen molar-refractivity contribution in [1.29, 1.82) is 0 Å². The van der Waals surface area contributed by atoms with Crippen LogP contribution in [0.4, 0.5) is 8.78 Å². The van der Waals surface area contributed by atoms with E-state index in [1.807, 2.05) is 18.4 Å². The summed E-state index contributed by atoms with van der Waals surface area (Å²) in [6.07, 6.45) is 2.01. The van der Waals surface area contributed by atoms with Crippen molar-refractivity contribution in [1.82, 2.24) is 5.32 Å². The molecule has 0 bridgehead atoms. The van der Waals surface area contributed by atoms with Gasteiger partial charge in [0.05, 0.1) is 12.5 Å². The minimum atomic E-state index is -1.04. The molecule has 27 heavy (non-hydrogen) atoms. The average Bonchev–Trinajstić information content (AvgIpc) is 3.41. The van der Waals surface area contributed by atoms with E-state index in [1.54, 1.807) is 23.9 Å². The highest BCUT2D eigenvalue weighted by Gasteiger charge is 2.47. The van der Waals surface area contributed by atoms with Gasteiger partial charge in [0.1, 0.15) is 11.6 Å². The number of aliphatic carboxylic acids is 1. The third-order valence-corrected chi connectivity index (χ3v) is 5.45. The number of amides is 1. The van der Waals surface area contributed by atoms with E-state index in [9.17, 15) is 18.4 Å². The zero-order valence-electron chi connectivity index (χ0n) is 14.6. The van der Waals surface area contributed by atoms with Crippen molar-refractivity contribution in [2.45, 2.75) is 29.7 Å². The molecular formula is C20H19F2NO3S. The molecular weight excluding hydrogens is 372 g/mol. The highest BCUT2D eigenvalue weighted by molar-refractivity contribution is 7.98. The predicted molar refractivity (Wildman–Crippen MR) is 98.6 cm³/mol. The second-order valence-electron chi connectivity index (χ2n) is 6.52. The van der Waals surface area contributed by atoms with Gasteiger partial charge in [0.2, 0.25) is 5.91 Å². The Morgan fingerprint density at radius 3 is 2.37 bits per heavy atom. The zero-order chi connectivity index (χ0) is 19.6. The first-order valence-electron chi connectivity index (χ1n) is 8.50. The smallest absolute Gasteiger partial charge is 0.305 e. The fourth-order valence-electron chi connectivity index (χ4n) is 3.21. The van der Waals surface area contributed by atoms with Crippen molar-refractivity contribution in [3.63, 3.8) is 0 Å². The van der Waals surface area contributed by atoms with E-state index in [2.05, 4.69) is 5.32 Å². The Hall–Kier alpha value is -2.41. The van der Waals surface area contributed by atoms with Gasteiger partial charge in [-0.3, -0.25) is 9.59 Å². The van der Waals surface area contributed by atoms with Crippen LogP contribution in [0, 0.1) is 17.6 Å². The standard InChI is InChI=1S/C20H19F2NO3S/c1-27-12-7-5-11(6-8-12)17(10-18(24)25)23-20(26)14-9-13(14)19-15(21)3-2-4-16(19)22/h2-8,13-14,17H,9-10H2,1H3,(H,23,26)(H,24,25). The minimum absolute atomic E-state index is 0.0724. The first-order valence-corrected chi connectivity index (χ1v) is 9.73. The van der Waals surface area contributed by atoms with Crippen LogP contribution in [-0.2, 0) is 9.59 Å². The molecule has 1 amide bonds. The number of hydrogen-bond acceptors (Lipinski definition) is 3. The number of benzene rings is 2. The molecule has 0 saturated heterocycles. The molecule has 142 valence electrons. The number of carbonyl (C=O) groups is 2. The molecule has 1 aliphatic carbocycles. The number of halogens is 2. The van der Waals surface area contributed by atoms with E-state index < -0.39 is 35.5 Å². The Bertz CT molecular complexity index is 837. The molecule has 0 heterocycles. The SMILES string of the molecule is CSc1ccc(C(CC(=O)O)NC(=O)C2CC2c2c(F)cccc2F)cc1. The van der Waals surface area contributed by atoms with Crippen molar-refractivity contribution >= 4 is 23.6 Å². The summed E-state index contributed by atoms with van der Waals surface area (Å²) in [6, 6.07) is 10.2. The van der Waals surface area contributed by atoms with Crippen molar-refractivity contribution < 1.29 is 23.5 Å². The number of thioether (sulfide) groups is 1. The fourth-order valence-corrected chi connectivity index (χ4v) is 3.62. The maximum atomic E-state index is 13.9. The van der Waals surface area contributed by atoms with E-state index in [-0.39, 0.29) is 17.9 Å². The molecule has 0 spiro atoms. The molecule has 1 aliphatic rings. The van der Waals surface area contributed by atoms with Gasteiger partial charge in [-0.2, -0.15) is 0 Å². The van der Waals surface area contributed by atoms with Crippen LogP contribution >= 0.6 is 11.8 Å². The lowest BCUT2D eigenvalue weighted by molar-refractivity contribution is -0.137. The summed E-state index contributed by atoms with van der Waals surface area (Å²) in [5.41, 5.74) is 0.606. The molecule has 2 aromatic carbocycles. The summed E-state index contributed by atoms with van der Waals surface area (Å²) in [4.78, 5) is 24.8. The van der Waals surface area contributed by atoms with Crippen LogP contribution in [0.3, 0.4) is 0 Å². The van der Waals surface area contributed by atoms with Crippen LogP contribution in [0.15, 0.2) is 47.4 Å². The highest BCUT2D eigenvalue weighted by Crippen LogP contribution is 2.49. The first kappa shape index (κ1) is 19.4. The van der Waals surface area contributed by atoms with Gasteiger partial charge in [0, 0.05) is 22.3 Å². The molecule has 2 N–H and O–H groups in total. The minimum Gasteiger partial charge on any atom is -0.481 e. The third-order valence-electron chi connectivity index (χ3n) is 4.71. The Morgan fingerprint density at radius 2 is 1.81 bits per heavy atom. The number of hydrogen-bond donors (Lipinski definition) is 2. The molecule has 1 fully saturated rings. The van der Waals surface area contributed by atoms with E-state index in [0.29, 0.717) is 12.0 Å². The number of carboxylic acids is 1. The Morgan fingerprint density at radius 1 is 1.19 bits per heavy atom. The van der Waals surface area contributed by atoms with Crippen LogP contribution in [-0.4, -0.2) is 23.2 Å². The maximum absolute atomic E-state index is 13.9. The molecule has 4 nitrogen and oxygen atoms in total. The summed E-state index contributed by atoms with van der Waals surface area (Å²) in [5, 5.41) is 11.9. The lowest BCUT2D eigenvalue weighted by Gasteiger charge is -2.18. The summed E-state index contributed by atoms with van der Waals surface area (Å²) < 4.78 is 27.8. The molecule has 0 aromatic heterocycles. The molecule has 7 heteroatoms. The molecule has 3 rings (SSSR count). The summed E-state index contributed by atoms with van der Waals surface area (Å²) in [7, 11) is 0. The predicted octanol–water partition coefficient (Wildman–Crippen LogP) is 4.12. The van der Waals surface area contributed by atoms with Crippen LogP contribution < -0.4 is 5.32 Å². The van der Waals surface area contributed by atoms with Gasteiger partial charge >= 0.3 is 5.97 Å². The Balaban J connectivity index is 1.72. The van der Waals surface area contributed by atoms with Crippen molar-refractivity contribution in [2.24, 2.45) is 5.92 Å². The number of nitrogens with one attached hydrogen (secondary N) is 1. The van der Waals surface area contributed by atoms with Gasteiger partial charge in [-0.15, -0.1) is 11.8 Å². The number of rotatable bonds is 7. The van der Waals surface area contributed by atoms with Crippen molar-refractivity contribution in [2.75, 3.05) is 6.26 Å². The monoisotopic (exact) mass is 391 g/mol. The van der Waals surface area contributed by atoms with E-state index in [4.69, 9.17) is 5.11 Å². The molecule has 1 saturated carbocycles. The lowest BCUT2D eigenvalue weighted by Crippen LogP contribution is -2.31. The Kier molecular flexibility index (Phi) is 5.79. The van der Waals surface area contributed by atoms with Crippen molar-refractivity contribution in [3.05, 3.63) is 65.2 Å². The van der Waals surface area contributed by atoms with Crippen molar-refractivity contribution in [3.8, 4) is 0 Å². The van der Waals surface area contributed by atoms with Crippen LogP contribution in [0.5, 0.6) is 0 Å². The summed E-state index contributed by atoms with van der Waals surface area (Å²) in [6.45, 7) is 0. The fraction of sp³-hybridized carbons (Fsp3) is 0.300. The van der Waals surface area contributed by atoms with Gasteiger partial charge in [-0.05, 0) is 42.5 Å². The van der Waals surface area contributed by atoms with Gasteiger partial charge in [0.25, 0.3) is 0 Å². The number of carbonyl (C=O) groups excluding carboxylic acids is 1. The van der Waals surface area contributed by atoms with Gasteiger partial charge in [0.15, 0.2) is 0 Å². The van der Waals surface area contributed by atoms with Gasteiger partial charge in [-0.1, -0.05) is 18.2 Å². The summed E-state index contributed by atoms with van der Waals surface area (Å²) in [5.74, 6) is -3.83. The van der Waals surface area contributed by atoms with Crippen LogP contribution in [0.2, 0.25) is 0 Å². The second-order valence-corrected chi connectivity index (χ2v) is 7.40. The normalized spacial score (nSPS) is 19.4. The molecule has 3 atom stereocenters. The van der Waals surface area contributed by atoms with Crippen LogP contribution in [0.25, 0.3) is 0 Å². The molecule has 0 radical (unpaired) electrons. The second kappa shape index (κ2) is 8.08. The quantitative estimate of drug-likeness (QED) is 0.697. The van der Waals surface area contributed by atoms with Gasteiger partial charge in [-0.25, -0.2) is 8.78 Å². The first-order chi connectivity index (χ1) is 12.9. The Labute approximate surface area is 160 Å². The maximum Gasteiger partial charge on any atom is 0.305 e. The van der Waals surface area contributed by atoms with Gasteiger partial charge < -0.3 is 10.4 Å². The molecule has 0 aliphatic heterocycles. The van der Waals surface area contributed by atoms with E-state index >= 15 is 0 Å². The molecule has 3 unspecified atom stereocenters. The largest absolute Gasteiger partial charge is 0.481 e. The number of carboxylic acid groups (broad SMARTS) is 1. The summed E-state index contributed by atoms with van der Waals surface area (Å²) >= 11 is 1.56.